The molecule has 1 aliphatic rings. The molecule has 1 fully saturated rings. The first kappa shape index (κ1) is 16.4. The van der Waals surface area contributed by atoms with E-state index in [1.165, 1.54) is 32.1 Å². The number of nitrogens with one attached hydrogen (secondary N) is 1. The van der Waals surface area contributed by atoms with Crippen molar-refractivity contribution in [1.82, 2.24) is 20.4 Å². The summed E-state index contributed by atoms with van der Waals surface area (Å²) in [5.41, 5.74) is 0. The fourth-order valence-electron chi connectivity index (χ4n) is 3.07. The lowest BCUT2D eigenvalue weighted by Crippen LogP contribution is -2.39. The maximum atomic E-state index is 5.45. The minimum absolute atomic E-state index is 0.621. The van der Waals surface area contributed by atoms with E-state index in [-0.39, 0.29) is 0 Å². The van der Waals surface area contributed by atoms with Gasteiger partial charge >= 0.3 is 0 Å². The molecule has 0 aromatic carbocycles. The second-order valence-electron chi connectivity index (χ2n) is 6.47. The Morgan fingerprint density at radius 2 is 2.10 bits per heavy atom. The van der Waals surface area contributed by atoms with Crippen LogP contribution < -0.4 is 5.32 Å². The summed E-state index contributed by atoms with van der Waals surface area (Å²) in [5, 5.41) is 7.80. The Kier molecular flexibility index (Phi) is 6.64. The van der Waals surface area contributed by atoms with Gasteiger partial charge in [0, 0.05) is 25.4 Å². The van der Waals surface area contributed by atoms with Crippen molar-refractivity contribution in [3.63, 3.8) is 0 Å². The molecule has 5 nitrogen and oxygen atoms in total. The fraction of sp³-hybridized carbons (Fsp3) is 0.875. The molecule has 120 valence electrons. The Morgan fingerprint density at radius 1 is 1.29 bits per heavy atom. The van der Waals surface area contributed by atoms with Crippen LogP contribution in [0.5, 0.6) is 0 Å². The minimum Gasteiger partial charge on any atom is -0.339 e. The topological polar surface area (TPSA) is 54.2 Å². The van der Waals surface area contributed by atoms with E-state index in [9.17, 15) is 0 Å². The predicted molar refractivity (Wildman–Crippen MR) is 84.3 cm³/mol. The van der Waals surface area contributed by atoms with Gasteiger partial charge in [0.05, 0.1) is 0 Å². The Morgan fingerprint density at radius 3 is 2.86 bits per heavy atom. The SMILES string of the molecule is CCCNC1CCCCC1Cc1nc(CCN(C)C)no1. The highest BCUT2D eigenvalue weighted by atomic mass is 16.5. The lowest BCUT2D eigenvalue weighted by atomic mass is 9.82. The molecule has 0 amide bonds. The van der Waals surface area contributed by atoms with Gasteiger partial charge in [-0.2, -0.15) is 4.98 Å². The van der Waals surface area contributed by atoms with Crippen LogP contribution in [0, 0.1) is 5.92 Å². The summed E-state index contributed by atoms with van der Waals surface area (Å²) in [5.74, 6) is 2.30. The molecule has 1 heterocycles. The molecule has 0 aliphatic heterocycles. The van der Waals surface area contributed by atoms with Crippen LogP contribution in [0.15, 0.2) is 4.52 Å². The molecule has 0 bridgehead atoms. The molecule has 1 aliphatic carbocycles. The Balaban J connectivity index is 1.86. The van der Waals surface area contributed by atoms with Crippen LogP contribution in [0.3, 0.4) is 0 Å². The number of rotatable bonds is 8. The molecule has 1 aromatic heterocycles. The molecule has 2 atom stereocenters. The van der Waals surface area contributed by atoms with Gasteiger partial charge in [-0.15, -0.1) is 0 Å². The predicted octanol–water partition coefficient (Wildman–Crippen LogP) is 2.27. The normalized spacial score (nSPS) is 22.9. The third-order valence-electron chi connectivity index (χ3n) is 4.30. The van der Waals surface area contributed by atoms with Gasteiger partial charge in [0.15, 0.2) is 5.82 Å². The van der Waals surface area contributed by atoms with Crippen LogP contribution in [0.4, 0.5) is 0 Å². The summed E-state index contributed by atoms with van der Waals surface area (Å²) in [6.45, 7) is 4.29. The summed E-state index contributed by atoms with van der Waals surface area (Å²) < 4.78 is 5.45. The number of likely N-dealkylation sites (N-methyl/N-ethyl adjacent to an activating group) is 1. The van der Waals surface area contributed by atoms with Gasteiger partial charge in [-0.1, -0.05) is 24.9 Å². The first-order valence-corrected chi connectivity index (χ1v) is 8.38. The van der Waals surface area contributed by atoms with E-state index in [0.717, 1.165) is 37.6 Å². The van der Waals surface area contributed by atoms with Gasteiger partial charge in [-0.3, -0.25) is 0 Å². The van der Waals surface area contributed by atoms with Crippen LogP contribution in [0.1, 0.15) is 50.7 Å². The van der Waals surface area contributed by atoms with Gasteiger partial charge in [0.1, 0.15) is 0 Å². The van der Waals surface area contributed by atoms with Crippen LogP contribution in [0.25, 0.3) is 0 Å². The highest BCUT2D eigenvalue weighted by molar-refractivity contribution is 4.92. The van der Waals surface area contributed by atoms with Crippen molar-refractivity contribution in [2.24, 2.45) is 5.92 Å². The molecular formula is C16H30N4O. The van der Waals surface area contributed by atoms with Gasteiger partial charge in [-0.05, 0) is 45.8 Å². The molecule has 2 rings (SSSR count). The molecule has 1 aromatic rings. The first-order valence-electron chi connectivity index (χ1n) is 8.38. The van der Waals surface area contributed by atoms with Crippen molar-refractivity contribution in [3.05, 3.63) is 11.7 Å². The summed E-state index contributed by atoms with van der Waals surface area (Å²) >= 11 is 0. The summed E-state index contributed by atoms with van der Waals surface area (Å²) in [6, 6.07) is 0.621. The minimum atomic E-state index is 0.621. The zero-order chi connectivity index (χ0) is 15.1. The zero-order valence-corrected chi connectivity index (χ0v) is 13.8. The van der Waals surface area contributed by atoms with E-state index in [4.69, 9.17) is 4.52 Å². The molecule has 21 heavy (non-hydrogen) atoms. The van der Waals surface area contributed by atoms with Gasteiger partial charge < -0.3 is 14.7 Å². The fourth-order valence-corrected chi connectivity index (χ4v) is 3.07. The summed E-state index contributed by atoms with van der Waals surface area (Å²) in [7, 11) is 4.13. The molecule has 0 spiro atoms. The van der Waals surface area contributed by atoms with E-state index >= 15 is 0 Å². The standard InChI is InChI=1S/C16H30N4O/c1-4-10-17-14-8-6-5-7-13(14)12-16-18-15(19-21-16)9-11-20(2)3/h13-14,17H,4-12H2,1-3H3. The van der Waals surface area contributed by atoms with Crippen LogP contribution >= 0.6 is 0 Å². The second-order valence-corrected chi connectivity index (χ2v) is 6.47. The summed E-state index contributed by atoms with van der Waals surface area (Å²) in [4.78, 5) is 6.70. The smallest absolute Gasteiger partial charge is 0.226 e. The lowest BCUT2D eigenvalue weighted by Gasteiger charge is -2.31. The molecule has 1 saturated carbocycles. The van der Waals surface area contributed by atoms with E-state index in [1.54, 1.807) is 0 Å². The van der Waals surface area contributed by atoms with Crippen molar-refractivity contribution >= 4 is 0 Å². The Hall–Kier alpha value is -0.940. The number of nitrogens with zero attached hydrogens (tertiary/aromatic N) is 3. The number of aromatic nitrogens is 2. The highest BCUT2D eigenvalue weighted by Crippen LogP contribution is 2.27. The van der Waals surface area contributed by atoms with Crippen LogP contribution in [0.2, 0.25) is 0 Å². The Bertz CT molecular complexity index is 405. The van der Waals surface area contributed by atoms with Crippen molar-refractivity contribution < 1.29 is 4.52 Å². The molecule has 0 radical (unpaired) electrons. The summed E-state index contributed by atoms with van der Waals surface area (Å²) in [6.07, 6.45) is 8.21. The average Bonchev–Trinajstić information content (AvgIpc) is 2.92. The monoisotopic (exact) mass is 294 g/mol. The molecule has 5 heteroatoms. The van der Waals surface area contributed by atoms with Gasteiger partial charge in [-0.25, -0.2) is 0 Å². The zero-order valence-electron chi connectivity index (χ0n) is 13.8. The molecular weight excluding hydrogens is 264 g/mol. The average molecular weight is 294 g/mol. The van der Waals surface area contributed by atoms with E-state index < -0.39 is 0 Å². The third kappa shape index (κ3) is 5.40. The van der Waals surface area contributed by atoms with Gasteiger partial charge in [0.2, 0.25) is 5.89 Å². The second kappa shape index (κ2) is 8.49. The quantitative estimate of drug-likeness (QED) is 0.797. The molecule has 1 N–H and O–H groups in total. The Labute approximate surface area is 128 Å². The highest BCUT2D eigenvalue weighted by Gasteiger charge is 2.26. The largest absolute Gasteiger partial charge is 0.339 e. The molecule has 0 saturated heterocycles. The van der Waals surface area contributed by atoms with Crippen molar-refractivity contribution in [2.45, 2.75) is 57.9 Å². The van der Waals surface area contributed by atoms with Crippen molar-refractivity contribution in [3.8, 4) is 0 Å². The van der Waals surface area contributed by atoms with Gasteiger partial charge in [0.25, 0.3) is 0 Å². The van der Waals surface area contributed by atoms with Crippen molar-refractivity contribution in [2.75, 3.05) is 27.2 Å². The lowest BCUT2D eigenvalue weighted by molar-refractivity contribution is 0.239. The maximum Gasteiger partial charge on any atom is 0.226 e. The maximum absolute atomic E-state index is 5.45. The van der Waals surface area contributed by atoms with Crippen LogP contribution in [-0.2, 0) is 12.8 Å². The van der Waals surface area contributed by atoms with E-state index in [2.05, 4.69) is 41.4 Å². The van der Waals surface area contributed by atoms with Crippen LogP contribution in [-0.4, -0.2) is 48.3 Å². The molecule has 2 unspecified atom stereocenters. The third-order valence-corrected chi connectivity index (χ3v) is 4.30. The van der Waals surface area contributed by atoms with E-state index in [0.29, 0.717) is 12.0 Å². The number of hydrogen-bond donors (Lipinski definition) is 1. The van der Waals surface area contributed by atoms with Crippen molar-refractivity contribution in [1.29, 1.82) is 0 Å². The number of hydrogen-bond acceptors (Lipinski definition) is 5. The van der Waals surface area contributed by atoms with E-state index in [1.807, 2.05) is 0 Å². The first-order chi connectivity index (χ1) is 10.2.